The zero-order chi connectivity index (χ0) is 19.3. The van der Waals surface area contributed by atoms with E-state index in [9.17, 15) is 9.50 Å². The normalized spacial score (nSPS) is 26.5. The van der Waals surface area contributed by atoms with Gasteiger partial charge in [0.2, 0.25) is 0 Å². The lowest BCUT2D eigenvalue weighted by Gasteiger charge is -2.38. The van der Waals surface area contributed by atoms with Gasteiger partial charge in [-0.1, -0.05) is 0 Å². The molecule has 4 atom stereocenters. The van der Waals surface area contributed by atoms with Gasteiger partial charge in [0.25, 0.3) is 0 Å². The van der Waals surface area contributed by atoms with Crippen LogP contribution in [0, 0.1) is 0 Å². The largest absolute Gasteiger partial charge is 0.507 e. The van der Waals surface area contributed by atoms with Crippen LogP contribution in [0.15, 0.2) is 30.9 Å². The Labute approximate surface area is 160 Å². The van der Waals surface area contributed by atoms with Gasteiger partial charge in [-0.15, -0.1) is 10.2 Å². The molecule has 144 valence electrons. The number of benzene rings is 1. The van der Waals surface area contributed by atoms with Crippen molar-refractivity contribution in [1.29, 1.82) is 0 Å². The zero-order valence-corrected chi connectivity index (χ0v) is 15.3. The van der Waals surface area contributed by atoms with Crippen LogP contribution in [0.5, 0.6) is 5.75 Å². The lowest BCUT2D eigenvalue weighted by atomic mass is 9.96. The van der Waals surface area contributed by atoms with E-state index in [1.54, 1.807) is 24.5 Å². The lowest BCUT2D eigenvalue weighted by Crippen LogP contribution is -2.55. The maximum atomic E-state index is 14.8. The summed E-state index contributed by atoms with van der Waals surface area (Å²) in [6.07, 6.45) is 6.35. The Morgan fingerprint density at radius 2 is 2.07 bits per heavy atom. The molecule has 2 aliphatic rings. The molecule has 0 amide bonds. The molecule has 2 aliphatic heterocycles. The molecular weight excluding hydrogens is 361 g/mol. The fraction of sp³-hybridized carbons (Fsp3) is 0.421. The number of rotatable bonds is 3. The van der Waals surface area contributed by atoms with Gasteiger partial charge in [-0.05, 0) is 25.3 Å². The van der Waals surface area contributed by atoms with E-state index in [0.717, 1.165) is 24.6 Å². The number of nitrogens with one attached hydrogen (secondary N) is 1. The highest BCUT2D eigenvalue weighted by Gasteiger charge is 2.43. The highest BCUT2D eigenvalue weighted by molar-refractivity contribution is 5.85. The molecule has 1 aromatic carbocycles. The van der Waals surface area contributed by atoms with Crippen molar-refractivity contribution in [2.45, 2.75) is 43.6 Å². The molecule has 2 fully saturated rings. The van der Waals surface area contributed by atoms with Gasteiger partial charge in [0.1, 0.15) is 18.2 Å². The van der Waals surface area contributed by atoms with E-state index in [2.05, 4.69) is 30.5 Å². The monoisotopic (exact) mass is 381 g/mol. The van der Waals surface area contributed by atoms with E-state index in [0.29, 0.717) is 28.8 Å². The smallest absolute Gasteiger partial charge is 0.185 e. The maximum Gasteiger partial charge on any atom is 0.185 e. The number of piperidine rings is 1. The minimum absolute atomic E-state index is 0.0212. The number of halogens is 1. The summed E-state index contributed by atoms with van der Waals surface area (Å²) < 4.78 is 14.8. The maximum absolute atomic E-state index is 14.8. The van der Waals surface area contributed by atoms with Crippen molar-refractivity contribution in [3.05, 3.63) is 30.9 Å². The summed E-state index contributed by atoms with van der Waals surface area (Å²) >= 11 is 0. The molecule has 3 aromatic rings. The fourth-order valence-corrected chi connectivity index (χ4v) is 4.27. The molecule has 0 spiro atoms. The molecule has 4 heterocycles. The van der Waals surface area contributed by atoms with Crippen molar-refractivity contribution in [3.8, 4) is 17.1 Å². The van der Waals surface area contributed by atoms with E-state index >= 15 is 0 Å². The number of hydrogen-bond donors (Lipinski definition) is 2. The molecule has 2 bridgehead atoms. The fourth-order valence-electron chi connectivity index (χ4n) is 4.27. The van der Waals surface area contributed by atoms with Gasteiger partial charge in [-0.2, -0.15) is 0 Å². The van der Waals surface area contributed by atoms with E-state index in [4.69, 9.17) is 0 Å². The van der Waals surface area contributed by atoms with Gasteiger partial charge in [0.15, 0.2) is 11.6 Å². The summed E-state index contributed by atoms with van der Waals surface area (Å²) in [7, 11) is 1.83. The van der Waals surface area contributed by atoms with Crippen molar-refractivity contribution in [3.63, 3.8) is 0 Å². The third-order valence-electron chi connectivity index (χ3n) is 5.83. The van der Waals surface area contributed by atoms with Crippen LogP contribution < -0.4 is 10.2 Å². The standard InChI is InChI=1S/C19H20FN7O/c1-27(15-5-11-2-3-13(24-11)18(15)20)17-8-22-19(26-25-17)12-4-10-7-21-9-23-14(10)6-16(12)28/h4,6-9,11,13,15,18,24,28H,2-3,5H2,1H3/t11?,13?,15?,18-/m0/s1. The molecule has 8 nitrogen and oxygen atoms in total. The topological polar surface area (TPSA) is 100.0 Å². The summed E-state index contributed by atoms with van der Waals surface area (Å²) in [5.41, 5.74) is 1.09. The number of phenols is 1. The number of fused-ring (bicyclic) bond motifs is 3. The number of hydrogen-bond acceptors (Lipinski definition) is 8. The number of anilines is 1. The van der Waals surface area contributed by atoms with Crippen molar-refractivity contribution in [2.75, 3.05) is 11.9 Å². The first-order valence-electron chi connectivity index (χ1n) is 9.36. The SMILES string of the molecule is CN(c1cnc(-c2cc3cncnc3cc2O)nn1)C1CC2CCC(N2)[C@@H]1F. The van der Waals surface area contributed by atoms with E-state index in [1.807, 2.05) is 11.9 Å². The number of nitrogens with zero attached hydrogens (tertiary/aromatic N) is 6. The molecular formula is C19H20FN7O. The summed E-state index contributed by atoms with van der Waals surface area (Å²) in [4.78, 5) is 14.3. The molecule has 9 heteroatoms. The molecule has 2 N–H and O–H groups in total. The van der Waals surface area contributed by atoms with Gasteiger partial charge in [-0.3, -0.25) is 0 Å². The van der Waals surface area contributed by atoms with Crippen LogP contribution in [0.1, 0.15) is 19.3 Å². The van der Waals surface area contributed by atoms with Crippen LogP contribution in [-0.4, -0.2) is 61.6 Å². The number of phenolic OH excluding ortho intramolecular Hbond substituents is 1. The van der Waals surface area contributed by atoms with Gasteiger partial charge in [0.05, 0.1) is 23.3 Å². The minimum Gasteiger partial charge on any atom is -0.507 e. The summed E-state index contributed by atoms with van der Waals surface area (Å²) in [6, 6.07) is 3.32. The lowest BCUT2D eigenvalue weighted by molar-refractivity contribution is 0.176. The van der Waals surface area contributed by atoms with Crippen LogP contribution in [0.4, 0.5) is 10.2 Å². The molecule has 2 aromatic heterocycles. The Bertz CT molecular complexity index is 1010. The molecule has 0 saturated carbocycles. The molecule has 5 rings (SSSR count). The van der Waals surface area contributed by atoms with Crippen molar-refractivity contribution >= 4 is 16.7 Å². The second-order valence-corrected chi connectivity index (χ2v) is 7.50. The number of aromatic hydroxyl groups is 1. The Morgan fingerprint density at radius 1 is 1.18 bits per heavy atom. The van der Waals surface area contributed by atoms with Gasteiger partial charge < -0.3 is 15.3 Å². The first kappa shape index (κ1) is 17.2. The average Bonchev–Trinajstić information content (AvgIpc) is 3.13. The third-order valence-corrected chi connectivity index (χ3v) is 5.83. The summed E-state index contributed by atoms with van der Waals surface area (Å²) in [5, 5.41) is 22.8. The second kappa shape index (κ2) is 6.59. The quantitative estimate of drug-likeness (QED) is 0.709. The first-order chi connectivity index (χ1) is 13.6. The van der Waals surface area contributed by atoms with Gasteiger partial charge >= 0.3 is 0 Å². The summed E-state index contributed by atoms with van der Waals surface area (Å²) in [5.74, 6) is 0.830. The molecule has 0 radical (unpaired) electrons. The predicted molar refractivity (Wildman–Crippen MR) is 102 cm³/mol. The Morgan fingerprint density at radius 3 is 2.89 bits per heavy atom. The highest BCUT2D eigenvalue weighted by Crippen LogP contribution is 2.34. The van der Waals surface area contributed by atoms with Crippen LogP contribution >= 0.6 is 0 Å². The Balaban J connectivity index is 1.42. The van der Waals surface area contributed by atoms with Crippen LogP contribution in [0.2, 0.25) is 0 Å². The van der Waals surface area contributed by atoms with Crippen molar-refractivity contribution in [2.24, 2.45) is 0 Å². The second-order valence-electron chi connectivity index (χ2n) is 7.50. The first-order valence-corrected chi connectivity index (χ1v) is 9.36. The summed E-state index contributed by atoms with van der Waals surface area (Å²) in [6.45, 7) is 0. The van der Waals surface area contributed by atoms with E-state index in [1.165, 1.54) is 6.33 Å². The molecule has 3 unspecified atom stereocenters. The Hall–Kier alpha value is -2.94. The predicted octanol–water partition coefficient (Wildman–Crippen LogP) is 1.85. The molecule has 28 heavy (non-hydrogen) atoms. The molecule has 0 aliphatic carbocycles. The van der Waals surface area contributed by atoms with Crippen LogP contribution in [0.3, 0.4) is 0 Å². The Kier molecular flexibility index (Phi) is 4.04. The average molecular weight is 381 g/mol. The van der Waals surface area contributed by atoms with Crippen molar-refractivity contribution < 1.29 is 9.50 Å². The number of aromatic nitrogens is 5. The number of alkyl halides is 1. The van der Waals surface area contributed by atoms with Crippen LogP contribution in [-0.2, 0) is 0 Å². The zero-order valence-electron chi connectivity index (χ0n) is 15.3. The third kappa shape index (κ3) is 2.82. The van der Waals surface area contributed by atoms with E-state index in [-0.39, 0.29) is 17.8 Å². The highest BCUT2D eigenvalue weighted by atomic mass is 19.1. The van der Waals surface area contributed by atoms with Gasteiger partial charge in [-0.25, -0.2) is 19.3 Å². The van der Waals surface area contributed by atoms with Crippen LogP contribution in [0.25, 0.3) is 22.3 Å². The van der Waals surface area contributed by atoms with Gasteiger partial charge in [0, 0.05) is 36.8 Å². The minimum atomic E-state index is -0.949. The van der Waals surface area contributed by atoms with Crippen molar-refractivity contribution in [1.82, 2.24) is 30.5 Å². The molecule has 2 saturated heterocycles. The van der Waals surface area contributed by atoms with E-state index < -0.39 is 6.17 Å².